The summed E-state index contributed by atoms with van der Waals surface area (Å²) < 4.78 is 6.75. The van der Waals surface area contributed by atoms with Gasteiger partial charge in [0.25, 0.3) is 11.5 Å². The Bertz CT molecular complexity index is 1220. The topological polar surface area (TPSA) is 93.5 Å². The van der Waals surface area contributed by atoms with Crippen LogP contribution in [0.4, 0.5) is 0 Å². The summed E-state index contributed by atoms with van der Waals surface area (Å²) in [5, 5.41) is 2.74. The van der Waals surface area contributed by atoms with Gasteiger partial charge in [0, 0.05) is 24.2 Å². The summed E-state index contributed by atoms with van der Waals surface area (Å²) in [6, 6.07) is 8.39. The van der Waals surface area contributed by atoms with Gasteiger partial charge >= 0.3 is 5.97 Å². The first-order valence-electron chi connectivity index (χ1n) is 15.0. The average Bonchev–Trinajstić information content (AvgIpc) is 3.15. The fourth-order valence-corrected chi connectivity index (χ4v) is 7.44. The summed E-state index contributed by atoms with van der Waals surface area (Å²) in [6.45, 7) is 3.95. The fourth-order valence-electron chi connectivity index (χ4n) is 7.44. The Morgan fingerprint density at radius 2 is 1.59 bits per heavy atom. The Morgan fingerprint density at radius 1 is 0.949 bits per heavy atom. The number of nitrogens with one attached hydrogen (secondary N) is 1. The van der Waals surface area contributed by atoms with Gasteiger partial charge in [-0.25, -0.2) is 9.78 Å². The van der Waals surface area contributed by atoms with Crippen LogP contribution in [0.5, 0.6) is 0 Å². The number of esters is 1. The first kappa shape index (κ1) is 27.8. The van der Waals surface area contributed by atoms with E-state index in [2.05, 4.69) is 15.2 Å². The number of aromatic nitrogens is 2. The molecule has 2 aromatic rings. The van der Waals surface area contributed by atoms with Crippen molar-refractivity contribution in [2.24, 2.45) is 5.92 Å². The first-order chi connectivity index (χ1) is 18.9. The molecule has 0 radical (unpaired) electrons. The molecule has 2 aliphatic heterocycles. The molecule has 3 fully saturated rings. The molecule has 1 N–H and O–H groups in total. The van der Waals surface area contributed by atoms with E-state index in [-0.39, 0.29) is 23.2 Å². The van der Waals surface area contributed by atoms with Crippen molar-refractivity contribution in [3.8, 4) is 0 Å². The summed E-state index contributed by atoms with van der Waals surface area (Å²) >= 11 is 0. The molecular formula is C31H44N4O4. The fraction of sp³-hybridized carbons (Fsp3) is 0.677. The van der Waals surface area contributed by atoms with Gasteiger partial charge in [-0.15, -0.1) is 0 Å². The molecule has 1 aromatic carbocycles. The van der Waals surface area contributed by atoms with Crippen LogP contribution in [0.3, 0.4) is 0 Å². The summed E-state index contributed by atoms with van der Waals surface area (Å²) in [5.74, 6) is -0.976. The van der Waals surface area contributed by atoms with Crippen molar-refractivity contribution in [2.45, 2.75) is 121 Å². The van der Waals surface area contributed by atoms with Crippen molar-refractivity contribution in [1.29, 1.82) is 0 Å². The van der Waals surface area contributed by atoms with E-state index in [4.69, 9.17) is 4.74 Å². The Kier molecular flexibility index (Phi) is 8.70. The van der Waals surface area contributed by atoms with E-state index in [9.17, 15) is 14.4 Å². The van der Waals surface area contributed by atoms with E-state index in [1.54, 1.807) is 0 Å². The molecular weight excluding hydrogens is 492 g/mol. The number of hydrogen-bond acceptors (Lipinski definition) is 6. The van der Waals surface area contributed by atoms with Crippen molar-refractivity contribution < 1.29 is 14.3 Å². The third-order valence-corrected chi connectivity index (χ3v) is 9.13. The second kappa shape index (κ2) is 12.2. The smallest absolute Gasteiger partial charge is 0.328 e. The Morgan fingerprint density at radius 3 is 2.23 bits per heavy atom. The lowest BCUT2D eigenvalue weighted by atomic mass is 9.89. The second-order valence-electron chi connectivity index (χ2n) is 12.3. The molecule has 1 aromatic heterocycles. The molecule has 2 saturated heterocycles. The van der Waals surface area contributed by atoms with Crippen LogP contribution in [-0.2, 0) is 9.53 Å². The first-order valence-corrected chi connectivity index (χ1v) is 15.0. The number of para-hydroxylation sites is 2. The normalized spacial score (nSPS) is 25.3. The highest BCUT2D eigenvalue weighted by Crippen LogP contribution is 2.44. The highest BCUT2D eigenvalue weighted by molar-refractivity contribution is 5.96. The summed E-state index contributed by atoms with van der Waals surface area (Å²) in [7, 11) is 1.31. The zero-order valence-corrected chi connectivity index (χ0v) is 23.7. The molecule has 1 saturated carbocycles. The Labute approximate surface area is 231 Å². The van der Waals surface area contributed by atoms with Crippen LogP contribution in [0, 0.1) is 5.92 Å². The van der Waals surface area contributed by atoms with E-state index < -0.39 is 17.9 Å². The van der Waals surface area contributed by atoms with E-state index in [1.807, 2.05) is 42.7 Å². The van der Waals surface area contributed by atoms with E-state index in [0.29, 0.717) is 30.1 Å². The molecule has 5 rings (SSSR count). The highest BCUT2D eigenvalue weighted by atomic mass is 16.5. The molecule has 4 atom stereocenters. The van der Waals surface area contributed by atoms with Crippen LogP contribution < -0.4 is 10.9 Å². The molecule has 1 aliphatic carbocycles. The lowest BCUT2D eigenvalue weighted by Gasteiger charge is -2.45. The number of carbonyl (C=O) groups is 2. The number of methoxy groups -OCH3 is 1. The number of rotatable bonds is 7. The van der Waals surface area contributed by atoms with Gasteiger partial charge in [0.15, 0.2) is 5.69 Å². The molecule has 8 heteroatoms. The van der Waals surface area contributed by atoms with Gasteiger partial charge in [-0.1, -0.05) is 58.1 Å². The zero-order chi connectivity index (χ0) is 27.5. The predicted molar refractivity (Wildman–Crippen MR) is 152 cm³/mol. The number of fused-ring (bicyclic) bond motifs is 3. The van der Waals surface area contributed by atoms with Crippen LogP contribution in [0.25, 0.3) is 11.0 Å². The largest absolute Gasteiger partial charge is 0.467 e. The molecule has 2 bridgehead atoms. The van der Waals surface area contributed by atoms with Gasteiger partial charge < -0.3 is 14.6 Å². The van der Waals surface area contributed by atoms with Crippen LogP contribution in [0.15, 0.2) is 29.1 Å². The predicted octanol–water partition coefficient (Wildman–Crippen LogP) is 4.99. The van der Waals surface area contributed by atoms with Gasteiger partial charge in [0.1, 0.15) is 6.04 Å². The number of ether oxygens (including phenoxy) is 1. The SMILES string of the molecule is COC(=O)C(CC(C)C)NC(=O)c1nc2ccccc2n(C2C[C@H]3CC[C@@H](C2)N3C2CCCCCCC2)c1=O. The van der Waals surface area contributed by atoms with Crippen LogP contribution in [0.1, 0.15) is 107 Å². The summed E-state index contributed by atoms with van der Waals surface area (Å²) in [6.07, 6.45) is 13.9. The number of benzene rings is 1. The Hall–Kier alpha value is -2.74. The zero-order valence-electron chi connectivity index (χ0n) is 23.7. The molecule has 3 heterocycles. The van der Waals surface area contributed by atoms with Gasteiger partial charge in [-0.05, 0) is 63.0 Å². The second-order valence-corrected chi connectivity index (χ2v) is 12.3. The quantitative estimate of drug-likeness (QED) is 0.501. The number of piperidine rings is 1. The maximum absolute atomic E-state index is 14.0. The van der Waals surface area contributed by atoms with Crippen molar-refractivity contribution in [3.63, 3.8) is 0 Å². The van der Waals surface area contributed by atoms with Crippen LogP contribution in [-0.4, -0.2) is 57.6 Å². The molecule has 3 aliphatic rings. The summed E-state index contributed by atoms with van der Waals surface area (Å²) in [4.78, 5) is 47.1. The molecule has 2 unspecified atom stereocenters. The van der Waals surface area contributed by atoms with E-state index in [0.717, 1.165) is 18.4 Å². The van der Waals surface area contributed by atoms with Gasteiger partial charge in [0.2, 0.25) is 0 Å². The lowest BCUT2D eigenvalue weighted by Crippen LogP contribution is -2.51. The summed E-state index contributed by atoms with van der Waals surface area (Å²) in [5.41, 5.74) is 0.870. The van der Waals surface area contributed by atoms with Gasteiger partial charge in [-0.2, -0.15) is 0 Å². The van der Waals surface area contributed by atoms with Crippen molar-refractivity contribution in [2.75, 3.05) is 7.11 Å². The maximum Gasteiger partial charge on any atom is 0.328 e. The minimum Gasteiger partial charge on any atom is -0.467 e. The maximum atomic E-state index is 14.0. The highest BCUT2D eigenvalue weighted by Gasteiger charge is 2.44. The number of nitrogens with zero attached hydrogens (tertiary/aromatic N) is 3. The third kappa shape index (κ3) is 5.91. The average molecular weight is 537 g/mol. The third-order valence-electron chi connectivity index (χ3n) is 9.13. The van der Waals surface area contributed by atoms with Crippen LogP contribution >= 0.6 is 0 Å². The Balaban J connectivity index is 1.44. The van der Waals surface area contributed by atoms with Gasteiger partial charge in [0.05, 0.1) is 18.1 Å². The van der Waals surface area contributed by atoms with Crippen molar-refractivity contribution >= 4 is 22.9 Å². The molecule has 8 nitrogen and oxygen atoms in total. The van der Waals surface area contributed by atoms with Crippen molar-refractivity contribution in [3.05, 3.63) is 40.3 Å². The molecule has 0 spiro atoms. The molecule has 39 heavy (non-hydrogen) atoms. The molecule has 212 valence electrons. The van der Waals surface area contributed by atoms with E-state index in [1.165, 1.54) is 64.9 Å². The number of carbonyl (C=O) groups excluding carboxylic acids is 2. The minimum atomic E-state index is -0.827. The van der Waals surface area contributed by atoms with Crippen LogP contribution in [0.2, 0.25) is 0 Å². The lowest BCUT2D eigenvalue weighted by molar-refractivity contribution is -0.143. The monoisotopic (exact) mass is 536 g/mol. The van der Waals surface area contributed by atoms with Gasteiger partial charge in [-0.3, -0.25) is 14.5 Å². The molecule has 1 amide bonds. The number of hydrogen-bond donors (Lipinski definition) is 1. The number of amides is 1. The minimum absolute atomic E-state index is 0.0197. The van der Waals surface area contributed by atoms with Crippen molar-refractivity contribution in [1.82, 2.24) is 19.8 Å². The van der Waals surface area contributed by atoms with E-state index >= 15 is 0 Å². The standard InChI is InChI=1S/C31H44N4O4/c1-20(2)17-26(31(38)39-3)33-29(36)28-30(37)35(27-14-10-9-13-25(27)32-28)24-18-22-15-16-23(19-24)34(22)21-11-7-5-4-6-8-12-21/h9-10,13-14,20-24,26H,4-8,11-12,15-19H2,1-3H3,(H,33,36)/t22-,23+,24?,26?.